The van der Waals surface area contributed by atoms with Crippen LogP contribution in [0.4, 0.5) is 0 Å². The Kier molecular flexibility index (Phi) is 2.23. The number of carbonyl (C=O) groups excluding carboxylic acids is 1. The van der Waals surface area contributed by atoms with Crippen molar-refractivity contribution >= 4 is 5.91 Å². The second kappa shape index (κ2) is 3.97. The highest BCUT2D eigenvalue weighted by Gasteiger charge is 2.61. The normalized spacial score (nSPS) is 29.0. The molecule has 0 aromatic heterocycles. The zero-order chi connectivity index (χ0) is 14.9. The van der Waals surface area contributed by atoms with Gasteiger partial charge in [0, 0.05) is 17.7 Å². The Morgan fingerprint density at radius 2 is 1.86 bits per heavy atom. The molecule has 3 heterocycles. The average molecular weight is 292 g/mol. The lowest BCUT2D eigenvalue weighted by Gasteiger charge is -2.37. The topological polar surface area (TPSA) is 43.8 Å². The molecule has 1 saturated heterocycles. The Balaban J connectivity index is 1.77. The fourth-order valence-electron chi connectivity index (χ4n) is 4.33. The summed E-state index contributed by atoms with van der Waals surface area (Å²) in [5.41, 5.74) is 2.54. The number of carbonyl (C=O) groups is 1. The van der Waals surface area contributed by atoms with Gasteiger partial charge in [0.05, 0.1) is 12.7 Å². The first-order valence-electron chi connectivity index (χ1n) is 7.67. The van der Waals surface area contributed by atoms with Crippen LogP contribution in [-0.4, -0.2) is 34.0 Å². The largest absolute Gasteiger partial charge is 0.365 e. The van der Waals surface area contributed by atoms with Crippen molar-refractivity contribution in [1.29, 1.82) is 0 Å². The van der Waals surface area contributed by atoms with Gasteiger partial charge >= 0.3 is 0 Å². The fourth-order valence-corrected chi connectivity index (χ4v) is 4.33. The first-order valence-corrected chi connectivity index (χ1v) is 7.67. The predicted octanol–water partition coefficient (Wildman–Crippen LogP) is 1.86. The van der Waals surface area contributed by atoms with E-state index >= 15 is 0 Å². The second-order valence-electron chi connectivity index (χ2n) is 6.31. The van der Waals surface area contributed by atoms with Gasteiger partial charge in [-0.2, -0.15) is 0 Å². The van der Waals surface area contributed by atoms with E-state index in [0.717, 1.165) is 24.1 Å². The molecule has 110 valence electrons. The summed E-state index contributed by atoms with van der Waals surface area (Å²) in [6.07, 6.45) is 0.965. The summed E-state index contributed by atoms with van der Waals surface area (Å²) in [7, 11) is 0. The molecule has 1 N–H and O–H groups in total. The maximum absolute atomic E-state index is 12.7. The maximum Gasteiger partial charge on any atom is 0.257 e. The highest BCUT2D eigenvalue weighted by Crippen LogP contribution is 2.54. The van der Waals surface area contributed by atoms with Gasteiger partial charge in [-0.3, -0.25) is 14.6 Å². The number of amides is 1. The van der Waals surface area contributed by atoms with Gasteiger partial charge in [-0.25, -0.2) is 0 Å². The minimum absolute atomic E-state index is 0.0648. The van der Waals surface area contributed by atoms with Crippen LogP contribution in [0.3, 0.4) is 0 Å². The smallest absolute Gasteiger partial charge is 0.257 e. The SMILES string of the molecule is O=C1c2ccccc2[C@@]2(O)[C@H]3c4ccccc4CCN3CN12. The molecule has 0 unspecified atom stereocenters. The van der Waals surface area contributed by atoms with Gasteiger partial charge < -0.3 is 5.11 Å². The van der Waals surface area contributed by atoms with Crippen molar-refractivity contribution < 1.29 is 9.90 Å². The molecular weight excluding hydrogens is 276 g/mol. The van der Waals surface area contributed by atoms with Gasteiger partial charge in [-0.15, -0.1) is 0 Å². The molecule has 0 radical (unpaired) electrons. The third-order valence-corrected chi connectivity index (χ3v) is 5.30. The van der Waals surface area contributed by atoms with E-state index in [1.54, 1.807) is 4.90 Å². The maximum atomic E-state index is 12.7. The first kappa shape index (κ1) is 12.4. The van der Waals surface area contributed by atoms with Crippen molar-refractivity contribution in [2.75, 3.05) is 13.2 Å². The third kappa shape index (κ3) is 1.28. The van der Waals surface area contributed by atoms with Crippen LogP contribution in [0.1, 0.15) is 33.1 Å². The average Bonchev–Trinajstić information content (AvgIpc) is 2.98. The molecule has 2 aromatic carbocycles. The summed E-state index contributed by atoms with van der Waals surface area (Å²) < 4.78 is 0. The van der Waals surface area contributed by atoms with Crippen LogP contribution in [-0.2, 0) is 12.1 Å². The summed E-state index contributed by atoms with van der Waals surface area (Å²) in [5, 5.41) is 11.6. The highest BCUT2D eigenvalue weighted by atomic mass is 16.3. The molecule has 0 bridgehead atoms. The summed E-state index contributed by atoms with van der Waals surface area (Å²) >= 11 is 0. The predicted molar refractivity (Wildman–Crippen MR) is 81.0 cm³/mol. The van der Waals surface area contributed by atoms with Crippen molar-refractivity contribution in [3.8, 4) is 0 Å². The Bertz CT molecular complexity index is 803. The molecule has 0 aliphatic carbocycles. The van der Waals surface area contributed by atoms with Crippen molar-refractivity contribution in [3.63, 3.8) is 0 Å². The lowest BCUT2D eigenvalue weighted by molar-refractivity contribution is -0.0778. The molecule has 4 heteroatoms. The quantitative estimate of drug-likeness (QED) is 0.806. The number of benzene rings is 2. The molecule has 4 nitrogen and oxygen atoms in total. The van der Waals surface area contributed by atoms with Gasteiger partial charge in [-0.1, -0.05) is 42.5 Å². The monoisotopic (exact) mass is 292 g/mol. The third-order valence-electron chi connectivity index (χ3n) is 5.30. The van der Waals surface area contributed by atoms with E-state index in [4.69, 9.17) is 0 Å². The Hall–Kier alpha value is -2.17. The van der Waals surface area contributed by atoms with Crippen LogP contribution in [0, 0.1) is 0 Å². The highest BCUT2D eigenvalue weighted by molar-refractivity contribution is 6.00. The number of rotatable bonds is 0. The molecule has 2 atom stereocenters. The van der Waals surface area contributed by atoms with E-state index in [9.17, 15) is 9.90 Å². The van der Waals surface area contributed by atoms with E-state index in [0.29, 0.717) is 12.2 Å². The van der Waals surface area contributed by atoms with Crippen molar-refractivity contribution in [2.45, 2.75) is 18.2 Å². The summed E-state index contributed by atoms with van der Waals surface area (Å²) in [6.45, 7) is 1.36. The zero-order valence-corrected chi connectivity index (χ0v) is 12.1. The second-order valence-corrected chi connectivity index (χ2v) is 6.31. The molecule has 1 fully saturated rings. The van der Waals surface area contributed by atoms with Crippen LogP contribution in [0.15, 0.2) is 48.5 Å². The van der Waals surface area contributed by atoms with Gasteiger partial charge in [-0.05, 0) is 23.6 Å². The minimum atomic E-state index is -1.25. The van der Waals surface area contributed by atoms with E-state index in [2.05, 4.69) is 17.0 Å². The number of aliphatic hydroxyl groups is 1. The standard InChI is InChI=1S/C18H16N2O2/c21-17-14-7-3-4-8-15(14)18(22)16-13-6-2-1-5-12(13)9-10-19(16)11-20(17)18/h1-8,16,22H,9-11H2/t16-,18-/m1/s1. The van der Waals surface area contributed by atoms with Gasteiger partial charge in [0.2, 0.25) is 0 Å². The Morgan fingerprint density at radius 1 is 1.09 bits per heavy atom. The fraction of sp³-hybridized carbons (Fsp3) is 0.278. The summed E-state index contributed by atoms with van der Waals surface area (Å²) in [5.74, 6) is -0.0648. The first-order chi connectivity index (χ1) is 10.7. The molecule has 0 spiro atoms. The van der Waals surface area contributed by atoms with E-state index in [1.165, 1.54) is 5.56 Å². The van der Waals surface area contributed by atoms with Gasteiger partial charge in [0.1, 0.15) is 0 Å². The molecule has 3 aliphatic heterocycles. The lowest BCUT2D eigenvalue weighted by Crippen LogP contribution is -2.43. The molecule has 3 aliphatic rings. The number of hydrogen-bond acceptors (Lipinski definition) is 3. The lowest BCUT2D eigenvalue weighted by atomic mass is 9.84. The summed E-state index contributed by atoms with van der Waals surface area (Å²) in [6, 6.07) is 15.5. The molecule has 1 amide bonds. The molecule has 2 aromatic rings. The Labute approximate surface area is 128 Å². The number of hydrogen-bond donors (Lipinski definition) is 1. The van der Waals surface area contributed by atoms with Gasteiger partial charge in [0.25, 0.3) is 5.91 Å². The molecule has 5 rings (SSSR count). The van der Waals surface area contributed by atoms with Gasteiger partial charge in [0.15, 0.2) is 5.72 Å². The van der Waals surface area contributed by atoms with E-state index < -0.39 is 5.72 Å². The molecular formula is C18H16N2O2. The van der Waals surface area contributed by atoms with E-state index in [-0.39, 0.29) is 11.9 Å². The Morgan fingerprint density at radius 3 is 2.77 bits per heavy atom. The van der Waals surface area contributed by atoms with Crippen LogP contribution in [0.25, 0.3) is 0 Å². The van der Waals surface area contributed by atoms with Crippen LogP contribution >= 0.6 is 0 Å². The van der Waals surface area contributed by atoms with E-state index in [1.807, 2.05) is 36.4 Å². The van der Waals surface area contributed by atoms with Crippen LogP contribution in [0.2, 0.25) is 0 Å². The van der Waals surface area contributed by atoms with Crippen molar-refractivity contribution in [2.24, 2.45) is 0 Å². The van der Waals surface area contributed by atoms with Crippen molar-refractivity contribution in [1.82, 2.24) is 9.80 Å². The zero-order valence-electron chi connectivity index (χ0n) is 12.1. The summed E-state index contributed by atoms with van der Waals surface area (Å²) in [4.78, 5) is 16.5. The number of fused-ring (bicyclic) bond motifs is 7. The molecule has 22 heavy (non-hydrogen) atoms. The number of nitrogens with zero attached hydrogens (tertiary/aromatic N) is 2. The van der Waals surface area contributed by atoms with Crippen molar-refractivity contribution in [3.05, 3.63) is 70.8 Å². The van der Waals surface area contributed by atoms with Crippen LogP contribution in [0.5, 0.6) is 0 Å². The minimum Gasteiger partial charge on any atom is -0.365 e. The van der Waals surface area contributed by atoms with Crippen LogP contribution < -0.4 is 0 Å². The molecule has 0 saturated carbocycles.